The normalized spacial score (nSPS) is 10.8. The minimum Gasteiger partial charge on any atom is -0.477 e. The number of hydrogen-bond donors (Lipinski definition) is 1. The molecule has 28 heavy (non-hydrogen) atoms. The van der Waals surface area contributed by atoms with Gasteiger partial charge in [0.1, 0.15) is 0 Å². The van der Waals surface area contributed by atoms with Crippen LogP contribution >= 0.6 is 0 Å². The van der Waals surface area contributed by atoms with Gasteiger partial charge in [0.2, 0.25) is 0 Å². The molecule has 0 saturated carbocycles. The van der Waals surface area contributed by atoms with Crippen molar-refractivity contribution in [3.8, 4) is 0 Å². The molecule has 0 saturated heterocycles. The van der Waals surface area contributed by atoms with Crippen molar-refractivity contribution < 1.29 is 14.7 Å². The van der Waals surface area contributed by atoms with Crippen LogP contribution in [0.25, 0.3) is 0 Å². The molecule has 0 aliphatic rings. The second-order valence-electron chi connectivity index (χ2n) is 6.44. The van der Waals surface area contributed by atoms with Crippen LogP contribution < -0.4 is 0 Å². The lowest BCUT2D eigenvalue weighted by atomic mass is 10.1. The highest BCUT2D eigenvalue weighted by Crippen LogP contribution is 2.15. The van der Waals surface area contributed by atoms with Crippen molar-refractivity contribution in [2.24, 2.45) is 7.05 Å². The molecule has 8 nitrogen and oxygen atoms in total. The minimum absolute atomic E-state index is 0.0885. The van der Waals surface area contributed by atoms with Crippen molar-refractivity contribution >= 4 is 11.9 Å². The first kappa shape index (κ1) is 19.3. The van der Waals surface area contributed by atoms with Crippen molar-refractivity contribution in [3.63, 3.8) is 0 Å². The fourth-order valence-electron chi connectivity index (χ4n) is 3.15. The number of benzene rings is 1. The molecule has 0 bridgehead atoms. The van der Waals surface area contributed by atoms with E-state index in [-0.39, 0.29) is 17.2 Å². The maximum Gasteiger partial charge on any atom is 0.354 e. The Morgan fingerprint density at radius 3 is 2.57 bits per heavy atom. The van der Waals surface area contributed by atoms with E-state index in [0.717, 1.165) is 11.3 Å². The van der Waals surface area contributed by atoms with Crippen LogP contribution in [0.5, 0.6) is 0 Å². The molecular formula is C20H23N5O3. The summed E-state index contributed by atoms with van der Waals surface area (Å²) in [4.78, 5) is 26.4. The van der Waals surface area contributed by atoms with E-state index in [1.165, 1.54) is 17.9 Å². The Kier molecular flexibility index (Phi) is 5.88. The molecule has 2 aromatic heterocycles. The molecule has 0 aliphatic carbocycles. The first-order valence-corrected chi connectivity index (χ1v) is 9.10. The zero-order valence-corrected chi connectivity index (χ0v) is 15.9. The van der Waals surface area contributed by atoms with E-state index in [0.29, 0.717) is 26.1 Å². The summed E-state index contributed by atoms with van der Waals surface area (Å²) >= 11 is 0. The maximum absolute atomic E-state index is 13.2. The minimum atomic E-state index is -1.18. The van der Waals surface area contributed by atoms with Crippen LogP contribution in [0.1, 0.15) is 39.0 Å². The smallest absolute Gasteiger partial charge is 0.354 e. The summed E-state index contributed by atoms with van der Waals surface area (Å²) in [6, 6.07) is 11.7. The third kappa shape index (κ3) is 4.11. The van der Waals surface area contributed by atoms with Crippen LogP contribution in [-0.2, 0) is 26.6 Å². The standard InChI is InChI=1S/C20H23N5O3/c1-3-25-16(9-11-21-25)14-24(12-10-15-7-5-4-6-8-15)19(26)17-13-22-23(2)18(17)20(27)28/h4-9,11,13H,3,10,12,14H2,1-2H3,(H,27,28). The van der Waals surface area contributed by atoms with Crippen molar-refractivity contribution in [2.75, 3.05) is 6.54 Å². The highest BCUT2D eigenvalue weighted by atomic mass is 16.4. The average Bonchev–Trinajstić information content (AvgIpc) is 3.31. The lowest BCUT2D eigenvalue weighted by Crippen LogP contribution is -2.34. The molecule has 0 aliphatic heterocycles. The van der Waals surface area contributed by atoms with Crippen LogP contribution in [0.15, 0.2) is 48.8 Å². The first-order valence-electron chi connectivity index (χ1n) is 9.10. The van der Waals surface area contributed by atoms with E-state index in [1.807, 2.05) is 48.0 Å². The number of nitrogens with zero attached hydrogens (tertiary/aromatic N) is 5. The topological polar surface area (TPSA) is 93.3 Å². The summed E-state index contributed by atoms with van der Waals surface area (Å²) in [6.45, 7) is 3.46. The van der Waals surface area contributed by atoms with E-state index in [9.17, 15) is 14.7 Å². The van der Waals surface area contributed by atoms with Gasteiger partial charge in [0, 0.05) is 26.3 Å². The Morgan fingerprint density at radius 2 is 1.89 bits per heavy atom. The van der Waals surface area contributed by atoms with Gasteiger partial charge in [-0.25, -0.2) is 4.79 Å². The number of rotatable bonds is 8. The molecule has 1 aromatic carbocycles. The van der Waals surface area contributed by atoms with Gasteiger partial charge in [-0.15, -0.1) is 0 Å². The van der Waals surface area contributed by atoms with Crippen LogP contribution in [-0.4, -0.2) is 48.0 Å². The fraction of sp³-hybridized carbons (Fsp3) is 0.300. The summed E-state index contributed by atoms with van der Waals surface area (Å²) in [5.74, 6) is -1.53. The van der Waals surface area contributed by atoms with Gasteiger partial charge in [0.05, 0.1) is 24.0 Å². The van der Waals surface area contributed by atoms with Gasteiger partial charge in [0.25, 0.3) is 5.91 Å². The molecule has 0 atom stereocenters. The summed E-state index contributed by atoms with van der Waals surface area (Å²) in [5.41, 5.74) is 1.97. The van der Waals surface area contributed by atoms with Gasteiger partial charge < -0.3 is 10.0 Å². The van der Waals surface area contributed by atoms with E-state index < -0.39 is 5.97 Å². The lowest BCUT2D eigenvalue weighted by molar-refractivity contribution is 0.0661. The number of hydrogen-bond acceptors (Lipinski definition) is 4. The monoisotopic (exact) mass is 381 g/mol. The summed E-state index contributed by atoms with van der Waals surface area (Å²) in [5, 5.41) is 17.7. The number of aromatic carboxylic acids is 1. The van der Waals surface area contributed by atoms with E-state index in [1.54, 1.807) is 11.1 Å². The quantitative estimate of drug-likeness (QED) is 0.646. The molecule has 3 rings (SSSR count). The maximum atomic E-state index is 13.2. The summed E-state index contributed by atoms with van der Waals surface area (Å²) in [6.07, 6.45) is 3.68. The molecule has 1 amide bonds. The molecule has 1 N–H and O–H groups in total. The predicted octanol–water partition coefficient (Wildman–Crippen LogP) is 2.22. The zero-order valence-electron chi connectivity index (χ0n) is 15.9. The van der Waals surface area contributed by atoms with Crippen LogP contribution in [0.3, 0.4) is 0 Å². The lowest BCUT2D eigenvalue weighted by Gasteiger charge is -2.23. The average molecular weight is 381 g/mol. The number of aromatic nitrogens is 4. The molecule has 0 radical (unpaired) electrons. The van der Waals surface area contributed by atoms with E-state index >= 15 is 0 Å². The Balaban J connectivity index is 1.88. The number of aryl methyl sites for hydroxylation is 2. The van der Waals surface area contributed by atoms with Gasteiger partial charge >= 0.3 is 5.97 Å². The molecular weight excluding hydrogens is 358 g/mol. The molecule has 3 aromatic rings. The van der Waals surface area contributed by atoms with Gasteiger partial charge in [-0.3, -0.25) is 14.2 Å². The van der Waals surface area contributed by atoms with Gasteiger partial charge in [-0.05, 0) is 25.0 Å². The number of carboxylic acid groups (broad SMARTS) is 1. The molecule has 8 heteroatoms. The third-order valence-electron chi connectivity index (χ3n) is 4.63. The molecule has 0 spiro atoms. The summed E-state index contributed by atoms with van der Waals surface area (Å²) < 4.78 is 3.03. The van der Waals surface area contributed by atoms with Crippen molar-refractivity contribution in [3.05, 3.63) is 71.3 Å². The van der Waals surface area contributed by atoms with E-state index in [4.69, 9.17) is 0 Å². The van der Waals surface area contributed by atoms with Crippen molar-refractivity contribution in [1.29, 1.82) is 0 Å². The van der Waals surface area contributed by atoms with Gasteiger partial charge in [-0.2, -0.15) is 10.2 Å². The molecule has 0 unspecified atom stereocenters. The predicted molar refractivity (Wildman–Crippen MR) is 103 cm³/mol. The molecule has 2 heterocycles. The van der Waals surface area contributed by atoms with Crippen molar-refractivity contribution in [1.82, 2.24) is 24.5 Å². The van der Waals surface area contributed by atoms with Crippen LogP contribution in [0.2, 0.25) is 0 Å². The van der Waals surface area contributed by atoms with Crippen molar-refractivity contribution in [2.45, 2.75) is 26.4 Å². The Labute approximate surface area is 163 Å². The largest absolute Gasteiger partial charge is 0.477 e. The Morgan fingerprint density at radius 1 is 1.14 bits per heavy atom. The second-order valence-corrected chi connectivity index (χ2v) is 6.44. The number of carboxylic acids is 1. The molecule has 0 fully saturated rings. The highest BCUT2D eigenvalue weighted by Gasteiger charge is 2.26. The van der Waals surface area contributed by atoms with Crippen LogP contribution in [0.4, 0.5) is 0 Å². The highest BCUT2D eigenvalue weighted by molar-refractivity contribution is 6.03. The van der Waals surface area contributed by atoms with Gasteiger partial charge in [-0.1, -0.05) is 30.3 Å². The zero-order chi connectivity index (χ0) is 20.1. The fourth-order valence-corrected chi connectivity index (χ4v) is 3.15. The number of amides is 1. The van der Waals surface area contributed by atoms with Gasteiger partial charge in [0.15, 0.2) is 5.69 Å². The Bertz CT molecular complexity index is 961. The molecule has 146 valence electrons. The Hall–Kier alpha value is -3.42. The summed E-state index contributed by atoms with van der Waals surface area (Å²) in [7, 11) is 1.51. The number of carbonyl (C=O) groups excluding carboxylic acids is 1. The van der Waals surface area contributed by atoms with Crippen LogP contribution in [0, 0.1) is 0 Å². The number of carbonyl (C=O) groups is 2. The van der Waals surface area contributed by atoms with E-state index in [2.05, 4.69) is 10.2 Å². The SMILES string of the molecule is CCn1nccc1CN(CCc1ccccc1)C(=O)c1cnn(C)c1C(=O)O. The third-order valence-corrected chi connectivity index (χ3v) is 4.63. The first-order chi connectivity index (χ1) is 13.5. The second kappa shape index (κ2) is 8.51.